The van der Waals surface area contributed by atoms with E-state index in [0.717, 1.165) is 5.56 Å². The highest BCUT2D eigenvalue weighted by molar-refractivity contribution is 5.73. The Balaban J connectivity index is 1.46. The Morgan fingerprint density at radius 2 is 1.76 bits per heavy atom. The Bertz CT molecular complexity index is 1460. The molecule has 5 rings (SSSR count). The fourth-order valence-electron chi connectivity index (χ4n) is 9.31. The van der Waals surface area contributed by atoms with Crippen molar-refractivity contribution in [3.63, 3.8) is 0 Å². The second-order valence-electron chi connectivity index (χ2n) is 16.9. The van der Waals surface area contributed by atoms with Gasteiger partial charge in [-0.05, 0) is 84.2 Å². The van der Waals surface area contributed by atoms with E-state index in [1.807, 2.05) is 46.6 Å². The van der Waals surface area contributed by atoms with Crippen molar-refractivity contribution in [1.29, 1.82) is 0 Å². The van der Waals surface area contributed by atoms with Gasteiger partial charge in [0.05, 0.1) is 54.5 Å². The summed E-state index contributed by atoms with van der Waals surface area (Å²) in [7, 11) is 3.42. The molecule has 312 valence electrons. The zero-order chi connectivity index (χ0) is 40.6. The zero-order valence-corrected chi connectivity index (χ0v) is 34.2. The Hall–Kier alpha value is -2.24. The molecule has 4 fully saturated rings. The zero-order valence-electron chi connectivity index (χ0n) is 34.2. The van der Waals surface area contributed by atoms with Crippen molar-refractivity contribution in [2.45, 2.75) is 166 Å². The Morgan fingerprint density at radius 1 is 1.09 bits per heavy atom. The Kier molecular flexibility index (Phi) is 13.8. The molecule has 3 N–H and O–H groups in total. The lowest BCUT2D eigenvalue weighted by Crippen LogP contribution is -2.57. The van der Waals surface area contributed by atoms with Crippen LogP contribution in [0.5, 0.6) is 0 Å². The number of carbonyl (C=O) groups excluding carboxylic acids is 1. The van der Waals surface area contributed by atoms with Crippen LogP contribution in [0.25, 0.3) is 0 Å². The number of cyclic esters (lactones) is 1. The van der Waals surface area contributed by atoms with Crippen molar-refractivity contribution in [3.8, 4) is 0 Å². The monoisotopic (exact) mass is 781 g/mol. The largest absolute Gasteiger partial charge is 0.459 e. The molecular formula is C41H64FNO12. The molecule has 6 unspecified atom stereocenters. The minimum atomic E-state index is -1.79. The number of esters is 1. The first-order valence-electron chi connectivity index (χ1n) is 19.7. The molecule has 0 amide bonds. The van der Waals surface area contributed by atoms with Gasteiger partial charge in [0, 0.05) is 25.5 Å². The molecule has 17 atom stereocenters. The summed E-state index contributed by atoms with van der Waals surface area (Å²) in [4.78, 5) is 28.3. The summed E-state index contributed by atoms with van der Waals surface area (Å²) in [6, 6.07) is 5.71. The number of epoxide rings is 1. The van der Waals surface area contributed by atoms with Crippen molar-refractivity contribution < 1.29 is 62.7 Å². The lowest BCUT2D eigenvalue weighted by molar-refractivity contribution is -0.342. The van der Waals surface area contributed by atoms with Crippen molar-refractivity contribution >= 4 is 5.97 Å². The van der Waals surface area contributed by atoms with Crippen LogP contribution in [0.2, 0.25) is 0 Å². The summed E-state index contributed by atoms with van der Waals surface area (Å²) in [5.41, 5.74) is -1.90. The van der Waals surface area contributed by atoms with E-state index in [2.05, 4.69) is 0 Å². The van der Waals surface area contributed by atoms with Gasteiger partial charge in [-0.25, -0.2) is 4.39 Å². The molecule has 4 saturated heterocycles. The van der Waals surface area contributed by atoms with Gasteiger partial charge >= 0.3 is 5.97 Å². The second-order valence-corrected chi connectivity index (χ2v) is 16.9. The molecule has 4 heterocycles. The highest BCUT2D eigenvalue weighted by Crippen LogP contribution is 2.51. The second kappa shape index (κ2) is 17.3. The van der Waals surface area contributed by atoms with Crippen LogP contribution >= 0.6 is 0 Å². The molecular weight excluding hydrogens is 717 g/mol. The normalized spacial score (nSPS) is 40.8. The Morgan fingerprint density at radius 3 is 2.38 bits per heavy atom. The number of ether oxygens (including phenoxy) is 6. The molecule has 0 aliphatic carbocycles. The number of benzene rings is 1. The Labute approximate surface area is 325 Å². The number of aliphatic hydroxyl groups excluding tert-OH is 2. The van der Waals surface area contributed by atoms with Crippen LogP contribution in [0.3, 0.4) is 0 Å². The first-order valence-corrected chi connectivity index (χ1v) is 19.7. The number of fused-ring (bicyclic) bond motifs is 3. The van der Waals surface area contributed by atoms with Gasteiger partial charge in [-0.3, -0.25) is 9.69 Å². The van der Waals surface area contributed by atoms with Crippen LogP contribution in [-0.2, 0) is 49.5 Å². The molecule has 14 heteroatoms. The highest BCUT2D eigenvalue weighted by atomic mass is 19.1. The number of halogens is 1. The van der Waals surface area contributed by atoms with Gasteiger partial charge in [0.1, 0.15) is 36.0 Å². The van der Waals surface area contributed by atoms with Crippen LogP contribution in [0, 0.1) is 29.5 Å². The third-order valence-electron chi connectivity index (χ3n) is 12.5. The molecule has 0 radical (unpaired) electrons. The van der Waals surface area contributed by atoms with E-state index in [1.54, 1.807) is 46.1 Å². The molecule has 2 bridgehead atoms. The molecule has 1 aromatic carbocycles. The molecule has 0 saturated carbocycles. The number of nitrogens with zero attached hydrogens (tertiary/aromatic N) is 1. The number of methoxy groups -OCH3 is 1. The molecule has 0 aromatic heterocycles. The number of rotatable bonds is 14. The summed E-state index contributed by atoms with van der Waals surface area (Å²) in [5, 5.41) is 33.4. The van der Waals surface area contributed by atoms with Crippen molar-refractivity contribution in [3.05, 3.63) is 48.0 Å². The van der Waals surface area contributed by atoms with E-state index in [-0.39, 0.29) is 36.8 Å². The quantitative estimate of drug-likeness (QED) is 0.0790. The topological polar surface area (TPSA) is 158 Å². The van der Waals surface area contributed by atoms with Crippen LogP contribution in [0.15, 0.2) is 36.6 Å². The van der Waals surface area contributed by atoms with Gasteiger partial charge in [0.15, 0.2) is 6.29 Å². The molecule has 4 aliphatic heterocycles. The first kappa shape index (κ1) is 43.9. The summed E-state index contributed by atoms with van der Waals surface area (Å²) in [6.45, 7) is 16.7. The minimum absolute atomic E-state index is 0.0754. The fourth-order valence-corrected chi connectivity index (χ4v) is 9.31. The van der Waals surface area contributed by atoms with E-state index in [9.17, 15) is 24.5 Å². The number of aliphatic hydroxyl groups is 3. The minimum Gasteiger partial charge on any atom is -0.459 e. The van der Waals surface area contributed by atoms with E-state index in [4.69, 9.17) is 38.2 Å². The van der Waals surface area contributed by atoms with Crippen LogP contribution in [0.1, 0.15) is 87.1 Å². The van der Waals surface area contributed by atoms with Crippen LogP contribution in [-0.4, -0.2) is 118 Å². The fraction of sp³-hybridized carbons (Fsp3) is 0.780. The number of hydrogen-bond acceptors (Lipinski definition) is 13. The number of hydrogen-bond donors (Lipinski definition) is 3. The van der Waals surface area contributed by atoms with E-state index in [0.29, 0.717) is 13.0 Å². The van der Waals surface area contributed by atoms with Crippen LogP contribution < -0.4 is 0 Å². The maximum Gasteiger partial charge on any atom is 0.311 e. The van der Waals surface area contributed by atoms with Crippen molar-refractivity contribution in [2.75, 3.05) is 14.2 Å². The maximum absolute atomic E-state index is 14.2. The van der Waals surface area contributed by atoms with Gasteiger partial charge in [0.2, 0.25) is 5.79 Å². The van der Waals surface area contributed by atoms with Crippen LogP contribution in [0.4, 0.5) is 4.39 Å². The van der Waals surface area contributed by atoms with Gasteiger partial charge in [-0.15, -0.1) is 0 Å². The number of carbonyl (C=O) groups is 1. The molecule has 0 spiro atoms. The molecule has 4 aliphatic rings. The average Bonchev–Trinajstić information content (AvgIpc) is 3.79. The van der Waals surface area contributed by atoms with E-state index >= 15 is 0 Å². The summed E-state index contributed by atoms with van der Waals surface area (Å²) < 4.78 is 51.2. The third kappa shape index (κ3) is 9.24. The van der Waals surface area contributed by atoms with Gasteiger partial charge in [-0.2, -0.15) is 4.89 Å². The predicted molar refractivity (Wildman–Crippen MR) is 198 cm³/mol. The molecule has 55 heavy (non-hydrogen) atoms. The lowest BCUT2D eigenvalue weighted by Gasteiger charge is -2.42. The van der Waals surface area contributed by atoms with E-state index in [1.165, 1.54) is 25.3 Å². The molecule has 13 nitrogen and oxygen atoms in total. The van der Waals surface area contributed by atoms with Crippen molar-refractivity contribution in [1.82, 2.24) is 4.90 Å². The molecule has 1 aromatic rings. The lowest BCUT2D eigenvalue weighted by atomic mass is 9.76. The SMILES string of the molecule is CC[C@@H](O)[C@@](C)(O)[C@@H]1OC(=O)[C@H](C)[C@@H](O[C@H]2CC3(OC)O[C@H]3C(C)O2)[C@H](C)[C@@H](OO/C=C\C(C(C)O)N(C)Cc2ccc(F)cc2)[C@@]2(C)CC(C)C(O2)[C@@H]1C. The average molecular weight is 782 g/mol. The predicted octanol–water partition coefficient (Wildman–Crippen LogP) is 4.64. The standard InChI is InChI=1S/C41H64FNO12/c1-12-31(45)40(9,47)36-23(3)33-22(2)19-39(8,53-33)35(55-49-18-17-30(26(6)44)43(10)21-28-13-15-29(42)16-14-28)24(4)34(25(5)38(46)52-36)51-32-20-41(48-11)37(54-41)27(7)50-32/h13-18,22-27,30-37,44-45,47H,12,19-21H2,1-11H3/b18-17-/t22?,23-,24-,25+,26?,27?,30?,31+,32-,33?,34-,35+,36+,37-,39+,40+,41?/m0/s1. The summed E-state index contributed by atoms with van der Waals surface area (Å²) >= 11 is 0. The smallest absolute Gasteiger partial charge is 0.311 e. The number of likely N-dealkylation sites (N-methyl/N-ethyl adjacent to an activating group) is 1. The maximum atomic E-state index is 14.2. The third-order valence-corrected chi connectivity index (χ3v) is 12.5. The first-order chi connectivity index (χ1) is 25.8. The summed E-state index contributed by atoms with van der Waals surface area (Å²) in [6.07, 6.45) is -2.56. The van der Waals surface area contributed by atoms with Gasteiger partial charge in [0.25, 0.3) is 0 Å². The van der Waals surface area contributed by atoms with E-state index < -0.39 is 89.7 Å². The van der Waals surface area contributed by atoms with Crippen molar-refractivity contribution in [2.24, 2.45) is 23.7 Å². The highest BCUT2D eigenvalue weighted by Gasteiger charge is 2.66. The van der Waals surface area contributed by atoms with Gasteiger partial charge < -0.3 is 48.6 Å². The van der Waals surface area contributed by atoms with Gasteiger partial charge in [-0.1, -0.05) is 39.8 Å². The summed E-state index contributed by atoms with van der Waals surface area (Å²) in [5.74, 6) is -3.89.